The highest BCUT2D eigenvalue weighted by Crippen LogP contribution is 2.24. The van der Waals surface area contributed by atoms with Crippen LogP contribution < -0.4 is 4.72 Å². The van der Waals surface area contributed by atoms with Crippen LogP contribution in [-0.4, -0.2) is 22.6 Å². The van der Waals surface area contributed by atoms with Crippen molar-refractivity contribution >= 4 is 31.3 Å². The Morgan fingerprint density at radius 1 is 0.714 bits per heavy atom. The molecule has 0 unspecified atom stereocenters. The summed E-state index contributed by atoms with van der Waals surface area (Å²) in [5.74, 6) is -0.197. The minimum Gasteiger partial charge on any atom is -0.295 e. The highest BCUT2D eigenvalue weighted by molar-refractivity contribution is 7.93. The molecule has 0 bridgehead atoms. The third-order valence-corrected chi connectivity index (χ3v) is 7.15. The van der Waals surface area contributed by atoms with Crippen molar-refractivity contribution in [2.75, 3.05) is 4.72 Å². The summed E-state index contributed by atoms with van der Waals surface area (Å²) in [7, 11) is -7.90. The molecule has 3 rings (SSSR count). The number of benzene rings is 3. The fourth-order valence-electron chi connectivity index (χ4n) is 2.56. The van der Waals surface area contributed by atoms with Crippen molar-refractivity contribution < 1.29 is 21.6 Å². The zero-order valence-corrected chi connectivity index (χ0v) is 16.5. The van der Waals surface area contributed by atoms with Gasteiger partial charge in [-0.25, -0.2) is 16.8 Å². The summed E-state index contributed by atoms with van der Waals surface area (Å²) >= 11 is 0. The molecule has 0 aliphatic heterocycles. The van der Waals surface area contributed by atoms with E-state index in [2.05, 4.69) is 4.72 Å². The summed E-state index contributed by atoms with van der Waals surface area (Å²) in [4.78, 5) is 11.2. The summed E-state index contributed by atoms with van der Waals surface area (Å²) in [6.45, 7) is 1.38. The van der Waals surface area contributed by atoms with Crippen LogP contribution in [0, 0.1) is 0 Å². The van der Waals surface area contributed by atoms with E-state index in [9.17, 15) is 21.6 Å². The molecular formula is C20H17NO5S2. The van der Waals surface area contributed by atoms with Gasteiger partial charge in [-0.2, -0.15) is 0 Å². The van der Waals surface area contributed by atoms with Crippen LogP contribution in [0.5, 0.6) is 0 Å². The molecule has 0 radical (unpaired) electrons. The number of carbonyl (C=O) groups is 1. The fourth-order valence-corrected chi connectivity index (χ4v) is 5.06. The van der Waals surface area contributed by atoms with Crippen molar-refractivity contribution in [1.29, 1.82) is 0 Å². The highest BCUT2D eigenvalue weighted by atomic mass is 32.2. The number of rotatable bonds is 6. The topological polar surface area (TPSA) is 97.4 Å². The van der Waals surface area contributed by atoms with E-state index >= 15 is 0 Å². The molecule has 0 spiro atoms. The lowest BCUT2D eigenvalue weighted by Crippen LogP contribution is -2.14. The van der Waals surface area contributed by atoms with Gasteiger partial charge in [0.1, 0.15) is 0 Å². The van der Waals surface area contributed by atoms with Gasteiger partial charge in [-0.3, -0.25) is 9.52 Å². The van der Waals surface area contributed by atoms with Crippen molar-refractivity contribution in [2.45, 2.75) is 21.6 Å². The van der Waals surface area contributed by atoms with E-state index in [4.69, 9.17) is 0 Å². The molecule has 0 aliphatic carbocycles. The van der Waals surface area contributed by atoms with Crippen molar-refractivity contribution in [2.24, 2.45) is 0 Å². The van der Waals surface area contributed by atoms with Gasteiger partial charge in [0.2, 0.25) is 9.84 Å². The number of Topliss-reactive ketones (excluding diaryl/α,β-unsaturated/α-hetero) is 1. The second-order valence-electron chi connectivity index (χ2n) is 6.03. The minimum absolute atomic E-state index is 0.0756. The van der Waals surface area contributed by atoms with Gasteiger partial charge in [0.25, 0.3) is 10.0 Å². The lowest BCUT2D eigenvalue weighted by atomic mass is 10.1. The molecule has 8 heteroatoms. The standard InChI is InChI=1S/C20H17NO5S2/c1-15(22)16-7-5-8-17(13-16)21-28(25,26)20-12-6-11-19(14-20)27(23,24)18-9-3-2-4-10-18/h2-14,21H,1H3. The summed E-state index contributed by atoms with van der Waals surface area (Å²) in [5.41, 5.74) is 0.574. The number of hydrogen-bond acceptors (Lipinski definition) is 5. The van der Waals surface area contributed by atoms with Crippen LogP contribution in [0.3, 0.4) is 0 Å². The molecule has 0 fully saturated rings. The molecule has 3 aromatic carbocycles. The molecule has 1 N–H and O–H groups in total. The average molecular weight is 415 g/mol. The maximum absolute atomic E-state index is 12.7. The predicted molar refractivity (Wildman–Crippen MR) is 106 cm³/mol. The second-order valence-corrected chi connectivity index (χ2v) is 9.67. The van der Waals surface area contributed by atoms with Crippen molar-refractivity contribution in [3.05, 3.63) is 84.4 Å². The Balaban J connectivity index is 1.97. The van der Waals surface area contributed by atoms with Gasteiger partial charge in [-0.05, 0) is 49.4 Å². The van der Waals surface area contributed by atoms with Crippen LogP contribution in [0.4, 0.5) is 5.69 Å². The molecule has 0 aromatic heterocycles. The zero-order chi connectivity index (χ0) is 20.4. The first-order valence-corrected chi connectivity index (χ1v) is 11.2. The number of anilines is 1. The van der Waals surface area contributed by atoms with Crippen molar-refractivity contribution in [3.63, 3.8) is 0 Å². The summed E-state index contributed by atoms with van der Waals surface area (Å²) in [6.07, 6.45) is 0. The van der Waals surface area contributed by atoms with E-state index in [1.165, 1.54) is 49.4 Å². The maximum atomic E-state index is 12.7. The van der Waals surface area contributed by atoms with Gasteiger partial charge in [-0.1, -0.05) is 36.4 Å². The summed E-state index contributed by atoms with van der Waals surface area (Å²) < 4.78 is 53.3. The molecule has 144 valence electrons. The highest BCUT2D eigenvalue weighted by Gasteiger charge is 2.21. The Morgan fingerprint density at radius 3 is 2.00 bits per heavy atom. The first kappa shape index (κ1) is 19.8. The van der Waals surface area contributed by atoms with E-state index in [1.54, 1.807) is 30.3 Å². The minimum atomic E-state index is -4.05. The molecule has 0 saturated carbocycles. The van der Waals surface area contributed by atoms with Gasteiger partial charge >= 0.3 is 0 Å². The number of nitrogens with one attached hydrogen (secondary N) is 1. The van der Waals surface area contributed by atoms with E-state index in [1.807, 2.05) is 0 Å². The number of sulfonamides is 1. The van der Waals surface area contributed by atoms with Crippen LogP contribution in [0.1, 0.15) is 17.3 Å². The fraction of sp³-hybridized carbons (Fsp3) is 0.0500. The molecule has 0 amide bonds. The monoisotopic (exact) mass is 415 g/mol. The largest absolute Gasteiger partial charge is 0.295 e. The molecule has 0 aliphatic rings. The van der Waals surface area contributed by atoms with Crippen LogP contribution >= 0.6 is 0 Å². The zero-order valence-electron chi connectivity index (χ0n) is 14.9. The van der Waals surface area contributed by atoms with Crippen LogP contribution in [0.2, 0.25) is 0 Å². The Morgan fingerprint density at radius 2 is 1.32 bits per heavy atom. The Kier molecular flexibility index (Phi) is 5.35. The first-order valence-electron chi connectivity index (χ1n) is 8.24. The molecule has 0 saturated heterocycles. The average Bonchev–Trinajstić information content (AvgIpc) is 2.68. The van der Waals surface area contributed by atoms with Crippen LogP contribution in [0.25, 0.3) is 0 Å². The molecule has 28 heavy (non-hydrogen) atoms. The van der Waals surface area contributed by atoms with Gasteiger partial charge < -0.3 is 0 Å². The van der Waals surface area contributed by atoms with E-state index < -0.39 is 19.9 Å². The van der Waals surface area contributed by atoms with Crippen LogP contribution in [-0.2, 0) is 19.9 Å². The number of carbonyl (C=O) groups excluding carboxylic acids is 1. The predicted octanol–water partition coefficient (Wildman–Crippen LogP) is 3.52. The van der Waals surface area contributed by atoms with E-state index in [-0.39, 0.29) is 26.2 Å². The normalized spacial score (nSPS) is 11.8. The van der Waals surface area contributed by atoms with Gasteiger partial charge in [0.15, 0.2) is 5.78 Å². The summed E-state index contributed by atoms with van der Waals surface area (Å²) in [5, 5.41) is 0. The smallest absolute Gasteiger partial charge is 0.261 e. The van der Waals surface area contributed by atoms with Crippen molar-refractivity contribution in [3.8, 4) is 0 Å². The lowest BCUT2D eigenvalue weighted by molar-refractivity contribution is 0.101. The molecule has 3 aromatic rings. The molecule has 6 nitrogen and oxygen atoms in total. The van der Waals surface area contributed by atoms with Crippen LogP contribution in [0.15, 0.2) is 93.5 Å². The third-order valence-electron chi connectivity index (χ3n) is 4.00. The lowest BCUT2D eigenvalue weighted by Gasteiger charge is -2.11. The second kappa shape index (κ2) is 7.57. The number of sulfone groups is 1. The molecule has 0 atom stereocenters. The van der Waals surface area contributed by atoms with Gasteiger partial charge in [-0.15, -0.1) is 0 Å². The molecule has 0 heterocycles. The van der Waals surface area contributed by atoms with Gasteiger partial charge in [0.05, 0.1) is 14.7 Å². The van der Waals surface area contributed by atoms with Crippen molar-refractivity contribution in [1.82, 2.24) is 0 Å². The number of hydrogen-bond donors (Lipinski definition) is 1. The van der Waals surface area contributed by atoms with E-state index in [0.29, 0.717) is 5.56 Å². The Bertz CT molecular complexity index is 1230. The number of ketones is 1. The summed E-state index contributed by atoms with van der Waals surface area (Å²) in [6, 6.07) is 19.0. The first-order chi connectivity index (χ1) is 13.2. The SMILES string of the molecule is CC(=O)c1cccc(NS(=O)(=O)c2cccc(S(=O)(=O)c3ccccc3)c2)c1. The quantitative estimate of drug-likeness (QED) is 0.621. The Labute approximate surface area is 163 Å². The van der Waals surface area contributed by atoms with E-state index in [0.717, 1.165) is 6.07 Å². The molecular weight excluding hydrogens is 398 g/mol. The van der Waals surface area contributed by atoms with Gasteiger partial charge in [0, 0.05) is 11.3 Å². The third kappa shape index (κ3) is 4.13. The Hall–Kier alpha value is -2.97. The maximum Gasteiger partial charge on any atom is 0.261 e.